The first-order valence-corrected chi connectivity index (χ1v) is 7.77. The zero-order chi connectivity index (χ0) is 15.4. The number of nitrogens with one attached hydrogen (secondary N) is 1. The molecule has 1 heterocycles. The maximum absolute atomic E-state index is 12.1. The maximum Gasteiger partial charge on any atom is 0.327 e. The molecule has 0 saturated carbocycles. The van der Waals surface area contributed by atoms with Crippen molar-refractivity contribution in [3.8, 4) is 5.75 Å². The molecule has 0 radical (unpaired) electrons. The Bertz CT molecular complexity index is 518. The monoisotopic (exact) mass is 310 g/mol. The van der Waals surface area contributed by atoms with E-state index in [9.17, 15) is 9.59 Å². The molecule has 0 aliphatic carbocycles. The van der Waals surface area contributed by atoms with Crippen molar-refractivity contribution in [3.05, 3.63) is 24.3 Å². The summed E-state index contributed by atoms with van der Waals surface area (Å²) in [5, 5.41) is 11.8. The Kier molecular flexibility index (Phi) is 4.95. The molecular formula is C14H18N2O4S. The Morgan fingerprint density at radius 1 is 1.38 bits per heavy atom. The lowest BCUT2D eigenvalue weighted by molar-refractivity contribution is -0.140. The molecule has 1 aliphatic rings. The number of hydrogen-bond acceptors (Lipinski definition) is 4. The standard InChI is InChI=1S/C14H18N2O4S/c1-9(2)20-11-5-3-10(4-6-11)15-14(19)16-8-21-7-12(16)13(17)18/h3-6,9,12H,7-8H2,1-2H3,(H,15,19)(H,17,18)/t12-/m0/s1. The van der Waals surface area contributed by atoms with E-state index in [1.807, 2.05) is 13.8 Å². The average molecular weight is 310 g/mol. The lowest BCUT2D eigenvalue weighted by Gasteiger charge is -2.21. The molecule has 0 unspecified atom stereocenters. The van der Waals surface area contributed by atoms with Crippen LogP contribution in [0.3, 0.4) is 0 Å². The predicted molar refractivity (Wildman–Crippen MR) is 81.8 cm³/mol. The first kappa shape index (κ1) is 15.5. The van der Waals surface area contributed by atoms with Crippen molar-refractivity contribution >= 4 is 29.4 Å². The number of carboxylic acids is 1. The van der Waals surface area contributed by atoms with Gasteiger partial charge in [0.2, 0.25) is 0 Å². The van der Waals surface area contributed by atoms with Crippen LogP contribution in [-0.4, -0.2) is 45.8 Å². The van der Waals surface area contributed by atoms with Crippen LogP contribution in [0.1, 0.15) is 13.8 Å². The van der Waals surface area contributed by atoms with E-state index in [0.717, 1.165) is 5.75 Å². The summed E-state index contributed by atoms with van der Waals surface area (Å²) in [6.07, 6.45) is 0.0865. The lowest BCUT2D eigenvalue weighted by Crippen LogP contribution is -2.43. The number of hydrogen-bond donors (Lipinski definition) is 2. The van der Waals surface area contributed by atoms with Crippen LogP contribution < -0.4 is 10.1 Å². The number of rotatable bonds is 4. The zero-order valence-electron chi connectivity index (χ0n) is 11.9. The summed E-state index contributed by atoms with van der Waals surface area (Å²) in [6, 6.07) is 5.83. The summed E-state index contributed by atoms with van der Waals surface area (Å²) in [5.41, 5.74) is 0.608. The largest absolute Gasteiger partial charge is 0.491 e. The molecule has 21 heavy (non-hydrogen) atoms. The summed E-state index contributed by atoms with van der Waals surface area (Å²) in [6.45, 7) is 3.87. The van der Waals surface area contributed by atoms with Crippen LogP contribution in [0.25, 0.3) is 0 Å². The number of carbonyl (C=O) groups excluding carboxylic acids is 1. The highest BCUT2D eigenvalue weighted by atomic mass is 32.2. The molecule has 2 rings (SSSR count). The molecule has 2 N–H and O–H groups in total. The Morgan fingerprint density at radius 2 is 2.05 bits per heavy atom. The molecular weight excluding hydrogens is 292 g/mol. The van der Waals surface area contributed by atoms with Crippen molar-refractivity contribution in [2.45, 2.75) is 26.0 Å². The number of carboxylic acid groups (broad SMARTS) is 1. The SMILES string of the molecule is CC(C)Oc1ccc(NC(=O)N2CSC[C@H]2C(=O)O)cc1. The normalized spacial score (nSPS) is 17.9. The lowest BCUT2D eigenvalue weighted by atomic mass is 10.3. The van der Waals surface area contributed by atoms with Crippen LogP contribution in [0.15, 0.2) is 24.3 Å². The maximum atomic E-state index is 12.1. The summed E-state index contributed by atoms with van der Waals surface area (Å²) >= 11 is 1.43. The van der Waals surface area contributed by atoms with Gasteiger partial charge in [0.05, 0.1) is 12.0 Å². The topological polar surface area (TPSA) is 78.9 Å². The van der Waals surface area contributed by atoms with Crippen LogP contribution in [0.4, 0.5) is 10.5 Å². The Labute approximate surface area is 127 Å². The van der Waals surface area contributed by atoms with E-state index in [0.29, 0.717) is 17.3 Å². The highest BCUT2D eigenvalue weighted by molar-refractivity contribution is 7.99. The second kappa shape index (κ2) is 6.71. The quantitative estimate of drug-likeness (QED) is 0.893. The third kappa shape index (κ3) is 4.04. The van der Waals surface area contributed by atoms with Crippen LogP contribution in [0.5, 0.6) is 5.75 Å². The van der Waals surface area contributed by atoms with Gasteiger partial charge in [0.25, 0.3) is 0 Å². The summed E-state index contributed by atoms with van der Waals surface area (Å²) in [4.78, 5) is 24.5. The number of urea groups is 1. The van der Waals surface area contributed by atoms with Gasteiger partial charge in [-0.15, -0.1) is 11.8 Å². The predicted octanol–water partition coefficient (Wildman–Crippen LogP) is 2.47. The minimum atomic E-state index is -0.976. The van der Waals surface area contributed by atoms with E-state index in [1.165, 1.54) is 16.7 Å². The molecule has 114 valence electrons. The molecule has 1 fully saturated rings. The van der Waals surface area contributed by atoms with Gasteiger partial charge in [0, 0.05) is 11.4 Å². The smallest absolute Gasteiger partial charge is 0.327 e. The Balaban J connectivity index is 1.97. The first-order chi connectivity index (χ1) is 9.97. The van der Waals surface area contributed by atoms with Crippen LogP contribution in [0.2, 0.25) is 0 Å². The molecule has 1 aromatic rings. The minimum Gasteiger partial charge on any atom is -0.491 e. The molecule has 2 amide bonds. The van der Waals surface area contributed by atoms with E-state index < -0.39 is 18.0 Å². The van der Waals surface area contributed by atoms with Gasteiger partial charge in [-0.05, 0) is 38.1 Å². The van der Waals surface area contributed by atoms with E-state index in [2.05, 4.69) is 5.32 Å². The van der Waals surface area contributed by atoms with Crippen molar-refractivity contribution in [1.29, 1.82) is 0 Å². The van der Waals surface area contributed by atoms with Gasteiger partial charge in [0.1, 0.15) is 11.8 Å². The van der Waals surface area contributed by atoms with E-state index >= 15 is 0 Å². The van der Waals surface area contributed by atoms with Gasteiger partial charge < -0.3 is 20.1 Å². The van der Waals surface area contributed by atoms with E-state index in [1.54, 1.807) is 24.3 Å². The van der Waals surface area contributed by atoms with Gasteiger partial charge in [-0.3, -0.25) is 0 Å². The second-order valence-electron chi connectivity index (χ2n) is 4.94. The van der Waals surface area contributed by atoms with Gasteiger partial charge in [0.15, 0.2) is 0 Å². The molecule has 1 aromatic carbocycles. The number of anilines is 1. The summed E-state index contributed by atoms with van der Waals surface area (Å²) in [7, 11) is 0. The average Bonchev–Trinajstić information content (AvgIpc) is 2.90. The molecule has 6 nitrogen and oxygen atoms in total. The number of aliphatic carboxylic acids is 1. The molecule has 1 atom stereocenters. The fourth-order valence-electron chi connectivity index (χ4n) is 1.93. The zero-order valence-corrected chi connectivity index (χ0v) is 12.7. The fourth-order valence-corrected chi connectivity index (χ4v) is 3.08. The Morgan fingerprint density at radius 3 is 2.62 bits per heavy atom. The van der Waals surface area contributed by atoms with E-state index in [-0.39, 0.29) is 6.10 Å². The molecule has 0 spiro atoms. The van der Waals surface area contributed by atoms with Gasteiger partial charge >= 0.3 is 12.0 Å². The van der Waals surface area contributed by atoms with Crippen LogP contribution in [-0.2, 0) is 4.79 Å². The molecule has 7 heteroatoms. The highest BCUT2D eigenvalue weighted by Crippen LogP contribution is 2.23. The van der Waals surface area contributed by atoms with Gasteiger partial charge in [-0.2, -0.15) is 0 Å². The van der Waals surface area contributed by atoms with Crippen molar-refractivity contribution in [1.82, 2.24) is 4.90 Å². The second-order valence-corrected chi connectivity index (χ2v) is 5.94. The number of amides is 2. The number of thioether (sulfide) groups is 1. The minimum absolute atomic E-state index is 0.0865. The number of benzene rings is 1. The highest BCUT2D eigenvalue weighted by Gasteiger charge is 2.34. The fraction of sp³-hybridized carbons (Fsp3) is 0.429. The number of ether oxygens (including phenoxy) is 1. The summed E-state index contributed by atoms with van der Waals surface area (Å²) < 4.78 is 5.52. The molecule has 1 saturated heterocycles. The number of carbonyl (C=O) groups is 2. The van der Waals surface area contributed by atoms with Crippen molar-refractivity contribution < 1.29 is 19.4 Å². The van der Waals surface area contributed by atoms with Crippen molar-refractivity contribution in [3.63, 3.8) is 0 Å². The van der Waals surface area contributed by atoms with Crippen molar-refractivity contribution in [2.75, 3.05) is 16.9 Å². The molecule has 0 aromatic heterocycles. The Hall–Kier alpha value is -1.89. The first-order valence-electron chi connectivity index (χ1n) is 6.62. The molecule has 1 aliphatic heterocycles. The third-order valence-corrected chi connectivity index (χ3v) is 3.92. The molecule has 0 bridgehead atoms. The van der Waals surface area contributed by atoms with Crippen molar-refractivity contribution in [2.24, 2.45) is 0 Å². The van der Waals surface area contributed by atoms with Crippen LogP contribution in [0, 0.1) is 0 Å². The van der Waals surface area contributed by atoms with Gasteiger partial charge in [-0.1, -0.05) is 0 Å². The van der Waals surface area contributed by atoms with Crippen LogP contribution >= 0.6 is 11.8 Å². The van der Waals surface area contributed by atoms with E-state index in [4.69, 9.17) is 9.84 Å². The van der Waals surface area contributed by atoms with Gasteiger partial charge in [-0.25, -0.2) is 9.59 Å². The summed E-state index contributed by atoms with van der Waals surface area (Å²) in [5.74, 6) is 0.556. The number of nitrogens with zero attached hydrogens (tertiary/aromatic N) is 1. The third-order valence-electron chi connectivity index (χ3n) is 2.91.